The van der Waals surface area contributed by atoms with Crippen LogP contribution in [0.4, 0.5) is 5.69 Å². The first-order valence-corrected chi connectivity index (χ1v) is 10.8. The number of benzene rings is 1. The van der Waals surface area contributed by atoms with Gasteiger partial charge in [-0.25, -0.2) is 0 Å². The fraction of sp³-hybridized carbons (Fsp3) is 0.652. The van der Waals surface area contributed by atoms with Gasteiger partial charge in [0.1, 0.15) is 5.84 Å². The Morgan fingerprint density at radius 1 is 1.04 bits per heavy atom. The number of amidine groups is 1. The van der Waals surface area contributed by atoms with Gasteiger partial charge in [-0.2, -0.15) is 0 Å². The summed E-state index contributed by atoms with van der Waals surface area (Å²) in [5, 5.41) is 0. The van der Waals surface area contributed by atoms with Gasteiger partial charge in [-0.05, 0) is 45.7 Å². The molecule has 4 rings (SSSR count). The Morgan fingerprint density at radius 2 is 1.68 bits per heavy atom. The van der Waals surface area contributed by atoms with Gasteiger partial charge in [-0.1, -0.05) is 37.0 Å². The number of nitrogens with zero attached hydrogens (tertiary/aromatic N) is 3. The Kier molecular flexibility index (Phi) is 5.57. The summed E-state index contributed by atoms with van der Waals surface area (Å²) in [7, 11) is 0. The predicted molar refractivity (Wildman–Crippen MR) is 113 cm³/mol. The van der Waals surface area contributed by atoms with E-state index in [1.54, 1.807) is 0 Å². The second-order valence-corrected chi connectivity index (χ2v) is 9.03. The van der Waals surface area contributed by atoms with Crippen molar-refractivity contribution in [2.24, 2.45) is 10.4 Å². The number of carbonyl (C=O) groups is 1. The number of morpholine rings is 1. The van der Waals surface area contributed by atoms with Crippen molar-refractivity contribution in [2.45, 2.75) is 65.0 Å². The Hall–Kier alpha value is -1.72. The van der Waals surface area contributed by atoms with Crippen LogP contribution in [0, 0.1) is 12.3 Å². The molecule has 0 N–H and O–H groups in total. The molecule has 0 unspecified atom stereocenters. The van der Waals surface area contributed by atoms with E-state index in [1.165, 1.54) is 24.8 Å². The Balaban J connectivity index is 1.77. The van der Waals surface area contributed by atoms with Crippen LogP contribution < -0.4 is 4.90 Å². The molecule has 3 fully saturated rings. The zero-order valence-electron chi connectivity index (χ0n) is 17.5. The number of hydrogen-bond acceptors (Lipinski definition) is 4. The van der Waals surface area contributed by atoms with Crippen LogP contribution >= 0.6 is 0 Å². The third-order valence-corrected chi connectivity index (χ3v) is 6.50. The van der Waals surface area contributed by atoms with Crippen molar-refractivity contribution in [3.05, 3.63) is 29.8 Å². The molecule has 3 aliphatic rings. The lowest BCUT2D eigenvalue weighted by Gasteiger charge is -2.37. The molecular weight excluding hydrogens is 350 g/mol. The van der Waals surface area contributed by atoms with Crippen LogP contribution in [0.5, 0.6) is 0 Å². The van der Waals surface area contributed by atoms with Gasteiger partial charge in [0.25, 0.3) is 0 Å². The van der Waals surface area contributed by atoms with E-state index >= 15 is 0 Å². The fourth-order valence-corrected chi connectivity index (χ4v) is 4.88. The summed E-state index contributed by atoms with van der Waals surface area (Å²) in [5.41, 5.74) is 1.63. The van der Waals surface area contributed by atoms with Gasteiger partial charge in [0.15, 0.2) is 0 Å². The largest absolute Gasteiger partial charge is 0.379 e. The third kappa shape index (κ3) is 3.62. The van der Waals surface area contributed by atoms with Crippen molar-refractivity contribution in [3.63, 3.8) is 0 Å². The van der Waals surface area contributed by atoms with Gasteiger partial charge in [0.05, 0.1) is 36.4 Å². The average Bonchev–Trinajstić information content (AvgIpc) is 2.90. The van der Waals surface area contributed by atoms with E-state index in [9.17, 15) is 4.79 Å². The number of rotatable bonds is 3. The van der Waals surface area contributed by atoms with E-state index in [2.05, 4.69) is 49.9 Å². The number of anilines is 1. The zero-order valence-corrected chi connectivity index (χ0v) is 17.5. The number of ether oxygens (including phenoxy) is 1. The Labute approximate surface area is 168 Å². The first-order valence-electron chi connectivity index (χ1n) is 10.8. The van der Waals surface area contributed by atoms with Crippen molar-refractivity contribution < 1.29 is 9.53 Å². The van der Waals surface area contributed by atoms with Crippen LogP contribution in [0.15, 0.2) is 29.3 Å². The number of amides is 1. The monoisotopic (exact) mass is 383 g/mol. The quantitative estimate of drug-likeness (QED) is 0.797. The highest BCUT2D eigenvalue weighted by Crippen LogP contribution is 2.40. The van der Waals surface area contributed by atoms with Gasteiger partial charge in [0, 0.05) is 13.1 Å². The van der Waals surface area contributed by atoms with Crippen LogP contribution in [-0.2, 0) is 9.53 Å². The number of aliphatic imine (C=N–C) groups is 1. The van der Waals surface area contributed by atoms with Crippen LogP contribution in [-0.4, -0.2) is 55.0 Å². The minimum absolute atomic E-state index is 0.00660. The summed E-state index contributed by atoms with van der Waals surface area (Å²) in [5.74, 6) is 1.11. The maximum atomic E-state index is 13.6. The lowest BCUT2D eigenvalue weighted by atomic mass is 9.85. The van der Waals surface area contributed by atoms with E-state index in [0.717, 1.165) is 50.7 Å². The standard InChI is InChI=1S/C23H33N3O2/c1-17-9-11-19(12-10-17)26-21(24-18-7-5-4-6-8-18)20(23(2,3)22(26)27)25-13-15-28-16-14-25/h9-12,18,20H,4-8,13-16H2,1-3H3/t20-/m1/s1. The second kappa shape index (κ2) is 7.96. The first-order chi connectivity index (χ1) is 13.5. The molecule has 1 atom stereocenters. The Morgan fingerprint density at radius 3 is 2.32 bits per heavy atom. The minimum Gasteiger partial charge on any atom is -0.379 e. The SMILES string of the molecule is Cc1ccc(N2C(=O)C(C)(C)[C@H](N3CCOCC3)C2=NC2CCCCC2)cc1. The topological polar surface area (TPSA) is 45.1 Å². The van der Waals surface area contributed by atoms with Crippen molar-refractivity contribution in [2.75, 3.05) is 31.2 Å². The third-order valence-electron chi connectivity index (χ3n) is 6.50. The van der Waals surface area contributed by atoms with Gasteiger partial charge >= 0.3 is 0 Å². The van der Waals surface area contributed by atoms with Crippen LogP contribution in [0.3, 0.4) is 0 Å². The molecule has 28 heavy (non-hydrogen) atoms. The summed E-state index contributed by atoms with van der Waals surface area (Å²) in [4.78, 5) is 23.2. The predicted octanol–water partition coefficient (Wildman–Crippen LogP) is 3.80. The van der Waals surface area contributed by atoms with Crippen LogP contribution in [0.1, 0.15) is 51.5 Å². The smallest absolute Gasteiger partial charge is 0.240 e. The van der Waals surface area contributed by atoms with E-state index in [0.29, 0.717) is 6.04 Å². The van der Waals surface area contributed by atoms with Gasteiger partial charge in [0.2, 0.25) is 5.91 Å². The molecule has 2 heterocycles. The first kappa shape index (κ1) is 19.6. The van der Waals surface area contributed by atoms with Gasteiger partial charge < -0.3 is 4.74 Å². The van der Waals surface area contributed by atoms with Crippen LogP contribution in [0.2, 0.25) is 0 Å². The van der Waals surface area contributed by atoms with Crippen LogP contribution in [0.25, 0.3) is 0 Å². The highest BCUT2D eigenvalue weighted by Gasteiger charge is 2.55. The maximum absolute atomic E-state index is 13.6. The lowest BCUT2D eigenvalue weighted by molar-refractivity contribution is -0.126. The number of aryl methyl sites for hydroxylation is 1. The second-order valence-electron chi connectivity index (χ2n) is 9.03. The molecular formula is C23H33N3O2. The molecule has 0 radical (unpaired) electrons. The molecule has 0 bridgehead atoms. The molecule has 1 aliphatic carbocycles. The molecule has 1 aromatic carbocycles. The Bertz CT molecular complexity index is 729. The van der Waals surface area contributed by atoms with E-state index in [-0.39, 0.29) is 11.9 Å². The average molecular weight is 384 g/mol. The molecule has 2 aliphatic heterocycles. The van der Waals surface area contributed by atoms with E-state index in [1.807, 2.05) is 4.90 Å². The lowest BCUT2D eigenvalue weighted by Crippen LogP contribution is -2.52. The molecule has 5 heteroatoms. The molecule has 2 saturated heterocycles. The van der Waals surface area contributed by atoms with Gasteiger partial charge in [-0.15, -0.1) is 0 Å². The zero-order chi connectivity index (χ0) is 19.7. The normalized spacial score (nSPS) is 28.2. The molecule has 0 spiro atoms. The summed E-state index contributed by atoms with van der Waals surface area (Å²) < 4.78 is 5.58. The molecule has 1 aromatic rings. The minimum atomic E-state index is -0.504. The fourth-order valence-electron chi connectivity index (χ4n) is 4.88. The molecule has 0 aromatic heterocycles. The van der Waals surface area contributed by atoms with E-state index in [4.69, 9.17) is 9.73 Å². The van der Waals surface area contributed by atoms with Crippen molar-refractivity contribution in [3.8, 4) is 0 Å². The van der Waals surface area contributed by atoms with Crippen molar-refractivity contribution >= 4 is 17.4 Å². The summed E-state index contributed by atoms with van der Waals surface area (Å²) in [6.45, 7) is 9.40. The maximum Gasteiger partial charge on any atom is 0.240 e. The van der Waals surface area contributed by atoms with Gasteiger partial charge in [-0.3, -0.25) is 19.6 Å². The number of hydrogen-bond donors (Lipinski definition) is 0. The van der Waals surface area contributed by atoms with Crippen molar-refractivity contribution in [1.29, 1.82) is 0 Å². The number of carbonyl (C=O) groups excluding carboxylic acids is 1. The molecule has 1 saturated carbocycles. The summed E-state index contributed by atoms with van der Waals surface area (Å²) in [6, 6.07) is 8.61. The highest BCUT2D eigenvalue weighted by molar-refractivity contribution is 6.27. The molecule has 5 nitrogen and oxygen atoms in total. The molecule has 152 valence electrons. The summed E-state index contributed by atoms with van der Waals surface area (Å²) >= 11 is 0. The molecule has 1 amide bonds. The summed E-state index contributed by atoms with van der Waals surface area (Å²) in [6.07, 6.45) is 6.06. The van der Waals surface area contributed by atoms with Crippen molar-refractivity contribution in [1.82, 2.24) is 4.90 Å². The van der Waals surface area contributed by atoms with E-state index < -0.39 is 5.41 Å². The highest BCUT2D eigenvalue weighted by atomic mass is 16.5.